The number of benzene rings is 1. The third-order valence-electron chi connectivity index (χ3n) is 5.12. The highest BCUT2D eigenvalue weighted by Gasteiger charge is 2.30. The summed E-state index contributed by atoms with van der Waals surface area (Å²) < 4.78 is 1.84. The highest BCUT2D eigenvalue weighted by molar-refractivity contribution is 6.06. The molecular formula is C20H25Cl2N5O. The normalized spacial score (nSPS) is 15.9. The van der Waals surface area contributed by atoms with Gasteiger partial charge in [-0.3, -0.25) is 4.79 Å². The number of carbonyl (C=O) groups is 1. The number of hydrogen-bond donors (Lipinski definition) is 1. The van der Waals surface area contributed by atoms with Gasteiger partial charge in [0.25, 0.3) is 5.91 Å². The molecule has 1 aromatic carbocycles. The number of aromatic nitrogens is 3. The van der Waals surface area contributed by atoms with Crippen molar-refractivity contribution in [1.29, 1.82) is 0 Å². The van der Waals surface area contributed by atoms with Crippen molar-refractivity contribution in [3.63, 3.8) is 0 Å². The molecule has 2 aromatic heterocycles. The van der Waals surface area contributed by atoms with Crippen LogP contribution in [0, 0.1) is 0 Å². The lowest BCUT2D eigenvalue weighted by atomic mass is 10.1. The minimum Gasteiger partial charge on any atom is -0.334 e. The summed E-state index contributed by atoms with van der Waals surface area (Å²) in [7, 11) is 0. The second kappa shape index (κ2) is 9.37. The van der Waals surface area contributed by atoms with E-state index in [4.69, 9.17) is 10.7 Å². The molecule has 1 saturated heterocycles. The molecule has 1 unspecified atom stereocenters. The van der Waals surface area contributed by atoms with Gasteiger partial charge in [-0.25, -0.2) is 9.67 Å². The number of rotatable bonds is 4. The molecule has 1 fully saturated rings. The van der Waals surface area contributed by atoms with Gasteiger partial charge in [0.2, 0.25) is 0 Å². The molecule has 4 rings (SSSR count). The van der Waals surface area contributed by atoms with Crippen LogP contribution in [-0.4, -0.2) is 44.7 Å². The molecule has 1 atom stereocenters. The van der Waals surface area contributed by atoms with Gasteiger partial charge in [-0.1, -0.05) is 30.3 Å². The van der Waals surface area contributed by atoms with E-state index in [0.29, 0.717) is 18.7 Å². The van der Waals surface area contributed by atoms with Gasteiger partial charge in [0, 0.05) is 31.2 Å². The number of likely N-dealkylation sites (tertiary alicyclic amines) is 1. The van der Waals surface area contributed by atoms with Gasteiger partial charge >= 0.3 is 0 Å². The van der Waals surface area contributed by atoms with E-state index in [0.717, 1.165) is 41.7 Å². The molecule has 1 aliphatic rings. The molecule has 0 bridgehead atoms. The van der Waals surface area contributed by atoms with Crippen LogP contribution in [0.2, 0.25) is 0 Å². The highest BCUT2D eigenvalue weighted by Crippen LogP contribution is 2.28. The Morgan fingerprint density at radius 3 is 2.68 bits per heavy atom. The number of fused-ring (bicyclic) bond motifs is 1. The van der Waals surface area contributed by atoms with Gasteiger partial charge < -0.3 is 10.6 Å². The van der Waals surface area contributed by atoms with Crippen LogP contribution in [0.1, 0.15) is 30.1 Å². The summed E-state index contributed by atoms with van der Waals surface area (Å²) >= 11 is 0. The number of halogens is 2. The molecule has 3 aromatic rings. The Kier molecular flexibility index (Phi) is 7.41. The van der Waals surface area contributed by atoms with Crippen molar-refractivity contribution in [3.05, 3.63) is 48.2 Å². The van der Waals surface area contributed by atoms with E-state index in [1.165, 1.54) is 0 Å². The van der Waals surface area contributed by atoms with Gasteiger partial charge in [0.05, 0.1) is 22.8 Å². The largest absolute Gasteiger partial charge is 0.334 e. The van der Waals surface area contributed by atoms with Crippen LogP contribution in [0.4, 0.5) is 0 Å². The molecule has 0 spiro atoms. The fourth-order valence-electron chi connectivity index (χ4n) is 3.72. The smallest absolute Gasteiger partial charge is 0.255 e. The Morgan fingerprint density at radius 1 is 1.25 bits per heavy atom. The second-order valence-corrected chi connectivity index (χ2v) is 6.65. The van der Waals surface area contributed by atoms with E-state index < -0.39 is 0 Å². The molecule has 0 aliphatic carbocycles. The molecule has 28 heavy (non-hydrogen) atoms. The summed E-state index contributed by atoms with van der Waals surface area (Å²) in [6.45, 7) is 3.99. The SMILES string of the molecule is CCn1ncc2c(C(=O)N3CCCC3CN)cc(-c3ccccc3)nc21.Cl.Cl. The molecule has 3 heterocycles. The lowest BCUT2D eigenvalue weighted by Gasteiger charge is -2.24. The Bertz CT molecular complexity index is 944. The first-order valence-electron chi connectivity index (χ1n) is 9.16. The minimum absolute atomic E-state index is 0. The van der Waals surface area contributed by atoms with E-state index in [1.807, 2.05) is 52.9 Å². The predicted octanol–water partition coefficient (Wildman–Crippen LogP) is 3.53. The van der Waals surface area contributed by atoms with Crippen LogP contribution in [-0.2, 0) is 6.54 Å². The maximum Gasteiger partial charge on any atom is 0.255 e. The van der Waals surface area contributed by atoms with Crippen LogP contribution >= 0.6 is 24.8 Å². The average molecular weight is 422 g/mol. The predicted molar refractivity (Wildman–Crippen MR) is 116 cm³/mol. The van der Waals surface area contributed by atoms with Crippen LogP contribution in [0.5, 0.6) is 0 Å². The molecule has 0 radical (unpaired) electrons. The second-order valence-electron chi connectivity index (χ2n) is 6.65. The van der Waals surface area contributed by atoms with Crippen molar-refractivity contribution in [2.75, 3.05) is 13.1 Å². The number of amides is 1. The summed E-state index contributed by atoms with van der Waals surface area (Å²) in [5, 5.41) is 5.22. The number of aryl methyl sites for hydroxylation is 1. The van der Waals surface area contributed by atoms with E-state index >= 15 is 0 Å². The number of nitrogens with zero attached hydrogens (tertiary/aromatic N) is 4. The molecule has 150 valence electrons. The number of pyridine rings is 1. The van der Waals surface area contributed by atoms with Crippen LogP contribution < -0.4 is 5.73 Å². The van der Waals surface area contributed by atoms with E-state index in [2.05, 4.69) is 5.10 Å². The number of nitrogens with two attached hydrogens (primary N) is 1. The molecule has 2 N–H and O–H groups in total. The zero-order valence-corrected chi connectivity index (χ0v) is 17.4. The number of hydrogen-bond acceptors (Lipinski definition) is 4. The molecular weight excluding hydrogens is 397 g/mol. The lowest BCUT2D eigenvalue weighted by molar-refractivity contribution is 0.0743. The van der Waals surface area contributed by atoms with Crippen molar-refractivity contribution in [2.24, 2.45) is 5.73 Å². The summed E-state index contributed by atoms with van der Waals surface area (Å²) in [5.41, 5.74) is 9.07. The summed E-state index contributed by atoms with van der Waals surface area (Å²) in [6.07, 6.45) is 3.72. The third-order valence-corrected chi connectivity index (χ3v) is 5.12. The van der Waals surface area contributed by atoms with Crippen LogP contribution in [0.3, 0.4) is 0 Å². The first-order chi connectivity index (χ1) is 12.7. The highest BCUT2D eigenvalue weighted by atomic mass is 35.5. The van der Waals surface area contributed by atoms with Crippen LogP contribution in [0.15, 0.2) is 42.6 Å². The zero-order chi connectivity index (χ0) is 18.1. The molecule has 1 aliphatic heterocycles. The average Bonchev–Trinajstić information content (AvgIpc) is 3.33. The maximum atomic E-state index is 13.3. The minimum atomic E-state index is 0. The van der Waals surface area contributed by atoms with Crippen molar-refractivity contribution < 1.29 is 4.79 Å². The Balaban J connectivity index is 0.00000140. The van der Waals surface area contributed by atoms with E-state index in [9.17, 15) is 4.79 Å². The summed E-state index contributed by atoms with van der Waals surface area (Å²) in [5.74, 6) is 0.0261. The van der Waals surface area contributed by atoms with E-state index in [1.54, 1.807) is 6.20 Å². The summed E-state index contributed by atoms with van der Waals surface area (Å²) in [6, 6.07) is 12.0. The van der Waals surface area contributed by atoms with Crippen molar-refractivity contribution in [2.45, 2.75) is 32.4 Å². The van der Waals surface area contributed by atoms with Gasteiger partial charge in [0.1, 0.15) is 0 Å². The fraction of sp³-hybridized carbons (Fsp3) is 0.350. The fourth-order valence-corrected chi connectivity index (χ4v) is 3.72. The molecule has 6 nitrogen and oxygen atoms in total. The van der Waals surface area contributed by atoms with Crippen molar-refractivity contribution in [1.82, 2.24) is 19.7 Å². The first kappa shape index (κ1) is 22.1. The topological polar surface area (TPSA) is 77.0 Å². The lowest BCUT2D eigenvalue weighted by Crippen LogP contribution is -2.40. The van der Waals surface area contributed by atoms with Gasteiger partial charge in [0.15, 0.2) is 5.65 Å². The first-order valence-corrected chi connectivity index (χ1v) is 9.16. The van der Waals surface area contributed by atoms with Gasteiger partial charge in [-0.2, -0.15) is 5.10 Å². The van der Waals surface area contributed by atoms with Crippen LogP contribution in [0.25, 0.3) is 22.3 Å². The monoisotopic (exact) mass is 421 g/mol. The zero-order valence-electron chi connectivity index (χ0n) is 15.7. The maximum absolute atomic E-state index is 13.3. The Hall–Kier alpha value is -2.15. The van der Waals surface area contributed by atoms with Crippen molar-refractivity contribution in [3.8, 4) is 11.3 Å². The molecule has 0 saturated carbocycles. The standard InChI is InChI=1S/C20H23N5O.2ClH/c1-2-25-19-17(13-22-25)16(20(26)24-10-6-9-15(24)12-21)11-18(23-19)14-7-4-3-5-8-14;;/h3-5,7-8,11,13,15H,2,6,9-10,12,21H2,1H3;2*1H. The number of carbonyl (C=O) groups excluding carboxylic acids is 1. The summed E-state index contributed by atoms with van der Waals surface area (Å²) in [4.78, 5) is 20.0. The van der Waals surface area contributed by atoms with Crippen molar-refractivity contribution >= 4 is 41.8 Å². The van der Waals surface area contributed by atoms with Gasteiger partial charge in [-0.15, -0.1) is 24.8 Å². The Labute approximate surface area is 176 Å². The Morgan fingerprint density at radius 2 is 2.00 bits per heavy atom. The quantitative estimate of drug-likeness (QED) is 0.698. The molecule has 8 heteroatoms. The van der Waals surface area contributed by atoms with E-state index in [-0.39, 0.29) is 36.8 Å². The molecule has 1 amide bonds. The third kappa shape index (κ3) is 3.85. The van der Waals surface area contributed by atoms with Gasteiger partial charge in [-0.05, 0) is 25.8 Å².